The number of hydrogen-bond donors (Lipinski definition) is 1. The lowest BCUT2D eigenvalue weighted by atomic mass is 10.0. The Morgan fingerprint density at radius 1 is 1.35 bits per heavy atom. The van der Waals surface area contributed by atoms with E-state index in [0.717, 1.165) is 31.0 Å². The maximum absolute atomic E-state index is 6.09. The fraction of sp³-hybridized carbons (Fsp3) is 0.286. The average molecular weight is 440 g/mol. The summed E-state index contributed by atoms with van der Waals surface area (Å²) in [7, 11) is 3.64. The Kier molecular flexibility index (Phi) is 5.93. The summed E-state index contributed by atoms with van der Waals surface area (Å²) in [6, 6.07) is 8.06. The molecule has 108 valence electrons. The van der Waals surface area contributed by atoms with Crippen molar-refractivity contribution in [2.45, 2.75) is 12.5 Å². The predicted octanol–water partition coefficient (Wildman–Crippen LogP) is 5.44. The van der Waals surface area contributed by atoms with Crippen molar-refractivity contribution >= 4 is 54.8 Å². The Bertz CT molecular complexity index is 583. The zero-order valence-corrected chi connectivity index (χ0v) is 15.8. The van der Waals surface area contributed by atoms with Gasteiger partial charge in [0.1, 0.15) is 5.75 Å². The molecule has 0 aliphatic carbocycles. The van der Waals surface area contributed by atoms with E-state index in [1.807, 2.05) is 25.2 Å². The molecule has 2 nitrogen and oxygen atoms in total. The molecule has 0 radical (unpaired) electrons. The van der Waals surface area contributed by atoms with Gasteiger partial charge >= 0.3 is 0 Å². The molecule has 20 heavy (non-hydrogen) atoms. The number of thiophene rings is 1. The highest BCUT2D eigenvalue weighted by Gasteiger charge is 2.17. The SMILES string of the molecule is CNC(Cc1cc(Cl)ccc1OC)c1cc(Br)c(Br)s1. The molecule has 0 bridgehead atoms. The zero-order chi connectivity index (χ0) is 14.7. The van der Waals surface area contributed by atoms with E-state index in [1.54, 1.807) is 18.4 Å². The van der Waals surface area contributed by atoms with E-state index in [4.69, 9.17) is 16.3 Å². The standard InChI is InChI=1S/C14H14Br2ClNOS/c1-18-11(13-7-10(15)14(16)20-13)6-8-5-9(17)3-4-12(8)19-2/h3-5,7,11,18H,6H2,1-2H3. The molecule has 6 heteroatoms. The smallest absolute Gasteiger partial charge is 0.122 e. The maximum Gasteiger partial charge on any atom is 0.122 e. The van der Waals surface area contributed by atoms with Crippen LogP contribution in [0.25, 0.3) is 0 Å². The predicted molar refractivity (Wildman–Crippen MR) is 93.2 cm³/mol. The second-order valence-electron chi connectivity index (χ2n) is 4.27. The van der Waals surface area contributed by atoms with Crippen LogP contribution < -0.4 is 10.1 Å². The first-order chi connectivity index (χ1) is 9.55. The van der Waals surface area contributed by atoms with Crippen molar-refractivity contribution in [1.29, 1.82) is 0 Å². The van der Waals surface area contributed by atoms with E-state index in [0.29, 0.717) is 0 Å². The number of nitrogens with one attached hydrogen (secondary N) is 1. The molecule has 1 heterocycles. The van der Waals surface area contributed by atoms with Crippen LogP contribution in [0.2, 0.25) is 5.02 Å². The Morgan fingerprint density at radius 3 is 2.65 bits per heavy atom. The van der Waals surface area contributed by atoms with E-state index in [9.17, 15) is 0 Å². The normalized spacial score (nSPS) is 12.4. The Morgan fingerprint density at radius 2 is 2.10 bits per heavy atom. The second-order valence-corrected chi connectivity index (χ2v) is 7.96. The molecule has 1 aromatic carbocycles. The van der Waals surface area contributed by atoms with Crippen LogP contribution in [0, 0.1) is 0 Å². The van der Waals surface area contributed by atoms with E-state index in [-0.39, 0.29) is 6.04 Å². The minimum atomic E-state index is 0.218. The molecule has 1 unspecified atom stereocenters. The van der Waals surface area contributed by atoms with Gasteiger partial charge in [-0.15, -0.1) is 11.3 Å². The van der Waals surface area contributed by atoms with Gasteiger partial charge in [-0.1, -0.05) is 11.6 Å². The van der Waals surface area contributed by atoms with Crippen molar-refractivity contribution < 1.29 is 4.74 Å². The summed E-state index contributed by atoms with van der Waals surface area (Å²) in [4.78, 5) is 1.26. The molecule has 2 rings (SSSR count). The highest BCUT2D eigenvalue weighted by molar-refractivity contribution is 9.13. The number of benzene rings is 1. The number of methoxy groups -OCH3 is 1. The third kappa shape index (κ3) is 3.77. The molecular weight excluding hydrogens is 425 g/mol. The van der Waals surface area contributed by atoms with Crippen LogP contribution in [0.15, 0.2) is 32.5 Å². The summed E-state index contributed by atoms with van der Waals surface area (Å²) in [5, 5.41) is 4.07. The molecule has 0 aliphatic rings. The Labute approximate surface area is 144 Å². The van der Waals surface area contributed by atoms with Crippen LogP contribution >= 0.6 is 54.8 Å². The first kappa shape index (κ1) is 16.3. The average Bonchev–Trinajstić information content (AvgIpc) is 2.76. The minimum Gasteiger partial charge on any atom is -0.496 e. The molecule has 1 atom stereocenters. The molecule has 0 amide bonds. The van der Waals surface area contributed by atoms with Gasteiger partial charge in [-0.25, -0.2) is 0 Å². The van der Waals surface area contributed by atoms with Crippen LogP contribution in [0.5, 0.6) is 5.75 Å². The summed E-state index contributed by atoms with van der Waals surface area (Å²) >= 11 is 14.9. The van der Waals surface area contributed by atoms with Crippen molar-refractivity contribution in [2.24, 2.45) is 0 Å². The van der Waals surface area contributed by atoms with Crippen molar-refractivity contribution in [3.8, 4) is 5.75 Å². The van der Waals surface area contributed by atoms with E-state index < -0.39 is 0 Å². The summed E-state index contributed by atoms with van der Waals surface area (Å²) < 4.78 is 7.59. The quantitative estimate of drug-likeness (QED) is 0.670. The molecule has 0 fully saturated rings. The maximum atomic E-state index is 6.09. The van der Waals surface area contributed by atoms with Gasteiger partial charge in [0, 0.05) is 20.4 Å². The lowest BCUT2D eigenvalue weighted by Gasteiger charge is -2.17. The highest BCUT2D eigenvalue weighted by Crippen LogP contribution is 2.37. The van der Waals surface area contributed by atoms with Gasteiger partial charge in [-0.3, -0.25) is 0 Å². The third-order valence-corrected chi connectivity index (χ3v) is 6.63. The number of hydrogen-bond acceptors (Lipinski definition) is 3. The van der Waals surface area contributed by atoms with Crippen LogP contribution in [0.3, 0.4) is 0 Å². The summed E-state index contributed by atoms with van der Waals surface area (Å²) in [5.74, 6) is 0.865. The molecule has 1 N–H and O–H groups in total. The summed E-state index contributed by atoms with van der Waals surface area (Å²) in [6.45, 7) is 0. The van der Waals surface area contributed by atoms with Gasteiger partial charge in [-0.2, -0.15) is 0 Å². The Balaban J connectivity index is 2.28. The lowest BCUT2D eigenvalue weighted by molar-refractivity contribution is 0.406. The lowest BCUT2D eigenvalue weighted by Crippen LogP contribution is -2.18. The van der Waals surface area contributed by atoms with E-state index >= 15 is 0 Å². The number of likely N-dealkylation sites (N-methyl/N-ethyl adjacent to an activating group) is 1. The van der Waals surface area contributed by atoms with Gasteiger partial charge in [0.2, 0.25) is 0 Å². The molecule has 0 saturated carbocycles. The van der Waals surface area contributed by atoms with Crippen LogP contribution in [0.4, 0.5) is 0 Å². The van der Waals surface area contributed by atoms with Crippen LogP contribution in [0.1, 0.15) is 16.5 Å². The monoisotopic (exact) mass is 437 g/mol. The molecule has 1 aromatic heterocycles. The molecule has 2 aromatic rings. The summed E-state index contributed by atoms with van der Waals surface area (Å²) in [6.07, 6.45) is 0.819. The highest BCUT2D eigenvalue weighted by atomic mass is 79.9. The zero-order valence-electron chi connectivity index (χ0n) is 11.0. The van der Waals surface area contributed by atoms with Gasteiger partial charge < -0.3 is 10.1 Å². The van der Waals surface area contributed by atoms with Gasteiger partial charge in [0.15, 0.2) is 0 Å². The third-order valence-electron chi connectivity index (χ3n) is 3.02. The number of rotatable bonds is 5. The first-order valence-electron chi connectivity index (χ1n) is 5.99. The topological polar surface area (TPSA) is 21.3 Å². The fourth-order valence-electron chi connectivity index (χ4n) is 2.01. The summed E-state index contributed by atoms with van der Waals surface area (Å²) in [5.41, 5.74) is 1.10. The minimum absolute atomic E-state index is 0.218. The van der Waals surface area contributed by atoms with Crippen LogP contribution in [-0.2, 0) is 6.42 Å². The molecule has 0 aliphatic heterocycles. The van der Waals surface area contributed by atoms with Gasteiger partial charge in [0.05, 0.1) is 10.9 Å². The van der Waals surface area contributed by atoms with Crippen molar-refractivity contribution in [2.75, 3.05) is 14.2 Å². The fourth-order valence-corrected chi connectivity index (χ4v) is 4.40. The van der Waals surface area contributed by atoms with Crippen LogP contribution in [-0.4, -0.2) is 14.2 Å². The molecule has 0 saturated heterocycles. The van der Waals surface area contributed by atoms with Gasteiger partial charge in [0.25, 0.3) is 0 Å². The van der Waals surface area contributed by atoms with E-state index in [2.05, 4.69) is 43.2 Å². The van der Waals surface area contributed by atoms with Crippen molar-refractivity contribution in [3.05, 3.63) is 48.0 Å². The van der Waals surface area contributed by atoms with Gasteiger partial charge in [-0.05, 0) is 75.2 Å². The first-order valence-corrected chi connectivity index (χ1v) is 8.77. The second kappa shape index (κ2) is 7.27. The van der Waals surface area contributed by atoms with E-state index in [1.165, 1.54) is 4.88 Å². The Hall–Kier alpha value is -0.0700. The molecular formula is C14H14Br2ClNOS. The molecule has 0 spiro atoms. The number of halogens is 3. The number of ether oxygens (including phenoxy) is 1. The largest absolute Gasteiger partial charge is 0.496 e. The van der Waals surface area contributed by atoms with Crippen molar-refractivity contribution in [1.82, 2.24) is 5.32 Å². The van der Waals surface area contributed by atoms with Crippen molar-refractivity contribution in [3.63, 3.8) is 0 Å².